The highest BCUT2D eigenvalue weighted by molar-refractivity contribution is 5.95. The molecule has 1 aromatic rings. The molecule has 2 fully saturated rings. The topological polar surface area (TPSA) is 91.1 Å². The Morgan fingerprint density at radius 3 is 2.96 bits per heavy atom. The summed E-state index contributed by atoms with van der Waals surface area (Å²) in [5.41, 5.74) is 5.54. The highest BCUT2D eigenvalue weighted by atomic mass is 16.5. The number of nitrogens with two attached hydrogens (primary N) is 1. The normalized spacial score (nSPS) is 25.5. The average molecular weight is 348 g/mol. The molecule has 0 unspecified atom stereocenters. The van der Waals surface area contributed by atoms with E-state index < -0.39 is 5.41 Å². The van der Waals surface area contributed by atoms with Crippen molar-refractivity contribution in [1.82, 2.24) is 4.90 Å². The van der Waals surface area contributed by atoms with Crippen molar-refractivity contribution >= 4 is 11.8 Å². The first-order valence-electron chi connectivity index (χ1n) is 8.45. The van der Waals surface area contributed by atoms with E-state index in [4.69, 9.17) is 19.9 Å². The third kappa shape index (κ3) is 3.48. The molecule has 136 valence electrons. The van der Waals surface area contributed by atoms with Gasteiger partial charge in [0.15, 0.2) is 0 Å². The quantitative estimate of drug-likeness (QED) is 0.763. The van der Waals surface area contributed by atoms with E-state index in [1.807, 2.05) is 0 Å². The van der Waals surface area contributed by atoms with Crippen molar-refractivity contribution in [3.8, 4) is 5.75 Å². The van der Waals surface area contributed by atoms with Crippen LogP contribution in [0.15, 0.2) is 24.3 Å². The number of nitrogens with zero attached hydrogens (tertiary/aromatic N) is 1. The largest absolute Gasteiger partial charge is 0.491 e. The average Bonchev–Trinajstić information content (AvgIpc) is 3.03. The van der Waals surface area contributed by atoms with E-state index in [-0.39, 0.29) is 17.7 Å². The van der Waals surface area contributed by atoms with Gasteiger partial charge in [0.2, 0.25) is 5.91 Å². The highest BCUT2D eigenvalue weighted by Gasteiger charge is 2.53. The van der Waals surface area contributed by atoms with Gasteiger partial charge in [0.25, 0.3) is 5.91 Å². The number of methoxy groups -OCH3 is 1. The van der Waals surface area contributed by atoms with Crippen LogP contribution in [0.3, 0.4) is 0 Å². The summed E-state index contributed by atoms with van der Waals surface area (Å²) in [6, 6.07) is 7.05. The molecule has 0 spiro atoms. The number of ether oxygens (including phenoxy) is 3. The molecular formula is C18H24N2O5. The summed E-state index contributed by atoms with van der Waals surface area (Å²) in [5.74, 6) is 0.122. The zero-order valence-corrected chi connectivity index (χ0v) is 14.4. The first-order chi connectivity index (χ1) is 12.1. The van der Waals surface area contributed by atoms with Gasteiger partial charge in [-0.2, -0.15) is 0 Å². The zero-order valence-electron chi connectivity index (χ0n) is 14.4. The number of carbonyl (C=O) groups is 2. The number of hydrogen-bond acceptors (Lipinski definition) is 5. The minimum Gasteiger partial charge on any atom is -0.491 e. The van der Waals surface area contributed by atoms with Crippen molar-refractivity contribution in [3.05, 3.63) is 29.8 Å². The van der Waals surface area contributed by atoms with Gasteiger partial charge in [-0.05, 0) is 24.6 Å². The van der Waals surface area contributed by atoms with E-state index in [0.717, 1.165) is 0 Å². The molecule has 2 amide bonds. The molecule has 2 saturated heterocycles. The van der Waals surface area contributed by atoms with E-state index in [1.165, 1.54) is 0 Å². The van der Waals surface area contributed by atoms with Crippen LogP contribution < -0.4 is 10.5 Å². The van der Waals surface area contributed by atoms with Crippen LogP contribution in [0.2, 0.25) is 0 Å². The number of benzene rings is 1. The van der Waals surface area contributed by atoms with Crippen LogP contribution in [-0.4, -0.2) is 63.3 Å². The second-order valence-electron chi connectivity index (χ2n) is 6.60. The van der Waals surface area contributed by atoms with Crippen LogP contribution >= 0.6 is 0 Å². The van der Waals surface area contributed by atoms with E-state index >= 15 is 0 Å². The molecule has 1 aromatic carbocycles. The minimum absolute atomic E-state index is 0.0381. The molecule has 0 aromatic heterocycles. The van der Waals surface area contributed by atoms with Gasteiger partial charge < -0.3 is 24.8 Å². The number of hydrogen-bond donors (Lipinski definition) is 1. The number of primary amides is 1. The van der Waals surface area contributed by atoms with E-state index in [1.54, 1.807) is 36.3 Å². The van der Waals surface area contributed by atoms with Crippen molar-refractivity contribution in [3.63, 3.8) is 0 Å². The summed E-state index contributed by atoms with van der Waals surface area (Å²) in [5, 5.41) is 0. The molecule has 0 saturated carbocycles. The molecule has 7 nitrogen and oxygen atoms in total. The highest BCUT2D eigenvalue weighted by Crippen LogP contribution is 2.42. The van der Waals surface area contributed by atoms with Gasteiger partial charge >= 0.3 is 0 Å². The van der Waals surface area contributed by atoms with Gasteiger partial charge in [0.1, 0.15) is 12.4 Å². The number of fused-ring (bicyclic) bond motifs is 1. The summed E-state index contributed by atoms with van der Waals surface area (Å²) in [6.07, 6.45) is 0.566. The fraction of sp³-hybridized carbons (Fsp3) is 0.556. The predicted molar refractivity (Wildman–Crippen MR) is 90.3 cm³/mol. The van der Waals surface area contributed by atoms with Gasteiger partial charge in [-0.15, -0.1) is 0 Å². The molecule has 3 rings (SSSR count). The Labute approximate surface area is 147 Å². The molecule has 0 aliphatic carbocycles. The Balaban J connectivity index is 1.73. The standard InChI is InChI=1S/C18H24N2O5/c1-23-7-8-25-15-4-2-3-13(9-15)16(21)20-10-14-11-24-6-5-18(14,12-20)17(19)22/h2-4,9,14H,5-8,10-12H2,1H3,(H2,19,22)/t14-,18+/m1/s1. The Morgan fingerprint density at radius 1 is 1.40 bits per heavy atom. The molecule has 2 N–H and O–H groups in total. The van der Waals surface area contributed by atoms with Gasteiger partial charge in [-0.3, -0.25) is 9.59 Å². The smallest absolute Gasteiger partial charge is 0.254 e. The SMILES string of the molecule is COCCOc1cccc(C(=O)N2C[C@@H]3COCC[C@]3(C(N)=O)C2)c1. The second kappa shape index (κ2) is 7.41. The molecular weight excluding hydrogens is 324 g/mol. The lowest BCUT2D eigenvalue weighted by molar-refractivity contribution is -0.135. The van der Waals surface area contributed by atoms with Crippen molar-refractivity contribution in [2.24, 2.45) is 17.1 Å². The minimum atomic E-state index is -0.666. The number of amides is 2. The van der Waals surface area contributed by atoms with E-state index in [9.17, 15) is 9.59 Å². The summed E-state index contributed by atoms with van der Waals surface area (Å²) < 4.78 is 16.0. The third-order valence-corrected chi connectivity index (χ3v) is 5.12. The summed E-state index contributed by atoms with van der Waals surface area (Å²) in [6.45, 7) is 2.70. The van der Waals surface area contributed by atoms with Crippen molar-refractivity contribution in [1.29, 1.82) is 0 Å². The lowest BCUT2D eigenvalue weighted by Gasteiger charge is -2.34. The van der Waals surface area contributed by atoms with Crippen molar-refractivity contribution in [2.45, 2.75) is 6.42 Å². The monoisotopic (exact) mass is 348 g/mol. The Hall–Kier alpha value is -2.12. The van der Waals surface area contributed by atoms with E-state index in [2.05, 4.69) is 0 Å². The van der Waals surface area contributed by atoms with Crippen LogP contribution in [0.5, 0.6) is 5.75 Å². The van der Waals surface area contributed by atoms with Gasteiger partial charge in [0, 0.05) is 38.3 Å². The summed E-state index contributed by atoms with van der Waals surface area (Å²) in [4.78, 5) is 26.7. The van der Waals surface area contributed by atoms with Gasteiger partial charge in [0.05, 0.1) is 18.6 Å². The van der Waals surface area contributed by atoms with Crippen LogP contribution in [0, 0.1) is 11.3 Å². The molecule has 7 heteroatoms. The number of carbonyl (C=O) groups excluding carboxylic acids is 2. The maximum atomic E-state index is 12.9. The van der Waals surface area contributed by atoms with Gasteiger partial charge in [-0.1, -0.05) is 6.07 Å². The fourth-order valence-electron chi connectivity index (χ4n) is 3.65. The lowest BCUT2D eigenvalue weighted by Crippen LogP contribution is -2.48. The number of likely N-dealkylation sites (tertiary alicyclic amines) is 1. The van der Waals surface area contributed by atoms with Crippen LogP contribution in [-0.2, 0) is 14.3 Å². The maximum Gasteiger partial charge on any atom is 0.254 e. The zero-order chi connectivity index (χ0) is 17.9. The molecule has 2 atom stereocenters. The van der Waals surface area contributed by atoms with E-state index in [0.29, 0.717) is 57.3 Å². The molecule has 2 heterocycles. The van der Waals surface area contributed by atoms with Crippen molar-refractivity contribution in [2.75, 3.05) is 46.6 Å². The molecule has 0 bridgehead atoms. The van der Waals surface area contributed by atoms with Crippen molar-refractivity contribution < 1.29 is 23.8 Å². The Bertz CT molecular complexity index is 650. The van der Waals surface area contributed by atoms with Crippen LogP contribution in [0.4, 0.5) is 0 Å². The first-order valence-corrected chi connectivity index (χ1v) is 8.45. The van der Waals surface area contributed by atoms with Crippen LogP contribution in [0.1, 0.15) is 16.8 Å². The second-order valence-corrected chi connectivity index (χ2v) is 6.60. The first kappa shape index (κ1) is 17.7. The maximum absolute atomic E-state index is 12.9. The Morgan fingerprint density at radius 2 is 2.24 bits per heavy atom. The fourth-order valence-corrected chi connectivity index (χ4v) is 3.65. The molecule has 0 radical (unpaired) electrons. The summed E-state index contributed by atoms with van der Waals surface area (Å²) in [7, 11) is 1.61. The molecule has 2 aliphatic heterocycles. The number of rotatable bonds is 6. The molecule has 25 heavy (non-hydrogen) atoms. The lowest BCUT2D eigenvalue weighted by atomic mass is 9.74. The van der Waals surface area contributed by atoms with Crippen LogP contribution in [0.25, 0.3) is 0 Å². The predicted octanol–water partition coefficient (Wildman–Crippen LogP) is 0.676. The molecule has 2 aliphatic rings. The third-order valence-electron chi connectivity index (χ3n) is 5.12. The Kier molecular flexibility index (Phi) is 5.24. The van der Waals surface area contributed by atoms with Gasteiger partial charge in [-0.25, -0.2) is 0 Å². The summed E-state index contributed by atoms with van der Waals surface area (Å²) >= 11 is 0.